The molecule has 20 heavy (non-hydrogen) atoms. The Hall–Kier alpha value is -2.44. The number of hydrogen-bond acceptors (Lipinski definition) is 4. The van der Waals surface area contributed by atoms with Gasteiger partial charge in [0.2, 0.25) is 0 Å². The molecule has 0 amide bonds. The third kappa shape index (κ3) is 2.47. The molecule has 0 fully saturated rings. The molecule has 0 saturated carbocycles. The van der Waals surface area contributed by atoms with E-state index in [4.69, 9.17) is 14.4 Å². The molecule has 0 aliphatic rings. The summed E-state index contributed by atoms with van der Waals surface area (Å²) in [7, 11) is 1.32. The van der Waals surface area contributed by atoms with Crippen molar-refractivity contribution in [3.63, 3.8) is 0 Å². The van der Waals surface area contributed by atoms with Crippen LogP contribution in [-0.2, 0) is 5.92 Å². The summed E-state index contributed by atoms with van der Waals surface area (Å²) in [4.78, 5) is 10.8. The highest BCUT2D eigenvalue weighted by molar-refractivity contribution is 5.87. The van der Waals surface area contributed by atoms with Gasteiger partial charge in [-0.3, -0.25) is 0 Å². The smallest absolute Gasteiger partial charge is 0.358 e. The molecule has 0 radical (unpaired) electrons. The molecule has 0 aliphatic carbocycles. The van der Waals surface area contributed by atoms with Gasteiger partial charge in [-0.25, -0.2) is 13.6 Å². The van der Waals surface area contributed by atoms with E-state index in [1.54, 1.807) is 0 Å². The molecular weight excluding hydrogens is 272 g/mol. The largest absolute Gasteiger partial charge is 0.496 e. The number of carboxylic acid groups (broad SMARTS) is 1. The average molecular weight is 283 g/mol. The van der Waals surface area contributed by atoms with Crippen LogP contribution in [0.5, 0.6) is 5.75 Å². The minimum Gasteiger partial charge on any atom is -0.496 e. The number of aromatic carboxylic acids is 1. The van der Waals surface area contributed by atoms with Crippen LogP contribution in [0.3, 0.4) is 0 Å². The van der Waals surface area contributed by atoms with E-state index in [-0.39, 0.29) is 28.3 Å². The van der Waals surface area contributed by atoms with Crippen molar-refractivity contribution in [2.75, 3.05) is 7.11 Å². The predicted octanol–water partition coefficient (Wildman–Crippen LogP) is 3.16. The first-order valence-electron chi connectivity index (χ1n) is 5.60. The highest BCUT2D eigenvalue weighted by atomic mass is 19.3. The Morgan fingerprint density at radius 2 is 2.15 bits per heavy atom. The van der Waals surface area contributed by atoms with Crippen molar-refractivity contribution in [3.8, 4) is 17.1 Å². The van der Waals surface area contributed by atoms with Crippen LogP contribution >= 0.6 is 0 Å². The van der Waals surface area contributed by atoms with Gasteiger partial charge in [0, 0.05) is 18.6 Å². The first-order chi connectivity index (χ1) is 9.34. The molecule has 2 rings (SSSR count). The van der Waals surface area contributed by atoms with Crippen molar-refractivity contribution in [2.24, 2.45) is 0 Å². The highest BCUT2D eigenvalue weighted by Gasteiger charge is 2.31. The van der Waals surface area contributed by atoms with E-state index in [1.165, 1.54) is 25.3 Å². The zero-order valence-electron chi connectivity index (χ0n) is 10.7. The first kappa shape index (κ1) is 14.0. The van der Waals surface area contributed by atoms with Gasteiger partial charge in [0.05, 0.1) is 12.7 Å². The number of methoxy groups -OCH3 is 1. The lowest BCUT2D eigenvalue weighted by atomic mass is 9.99. The molecule has 0 bridgehead atoms. The zero-order chi connectivity index (χ0) is 14.9. The van der Waals surface area contributed by atoms with Crippen LogP contribution < -0.4 is 4.74 Å². The van der Waals surface area contributed by atoms with Gasteiger partial charge in [0.15, 0.2) is 11.5 Å². The molecule has 1 N–H and O–H groups in total. The minimum absolute atomic E-state index is 0.0116. The van der Waals surface area contributed by atoms with Crippen molar-refractivity contribution in [1.29, 1.82) is 0 Å². The Balaban J connectivity index is 2.66. The number of nitrogens with zero attached hydrogens (tertiary/aromatic N) is 1. The van der Waals surface area contributed by atoms with Gasteiger partial charge < -0.3 is 14.4 Å². The fourth-order valence-electron chi connectivity index (χ4n) is 1.82. The molecule has 106 valence electrons. The number of ether oxygens (including phenoxy) is 1. The van der Waals surface area contributed by atoms with E-state index in [0.717, 1.165) is 13.0 Å². The molecule has 1 aromatic heterocycles. The molecule has 0 unspecified atom stereocenters. The van der Waals surface area contributed by atoms with Gasteiger partial charge in [-0.15, -0.1) is 0 Å². The van der Waals surface area contributed by atoms with Gasteiger partial charge in [0.1, 0.15) is 5.75 Å². The van der Waals surface area contributed by atoms with Crippen LogP contribution in [0.25, 0.3) is 11.3 Å². The number of alkyl halides is 2. The van der Waals surface area contributed by atoms with Crippen molar-refractivity contribution in [3.05, 3.63) is 35.5 Å². The number of carbonyl (C=O) groups is 1. The summed E-state index contributed by atoms with van der Waals surface area (Å²) in [6, 6.07) is 5.20. The maximum Gasteiger partial charge on any atom is 0.358 e. The van der Waals surface area contributed by atoms with Gasteiger partial charge >= 0.3 is 5.97 Å². The van der Waals surface area contributed by atoms with E-state index >= 15 is 0 Å². The van der Waals surface area contributed by atoms with Crippen molar-refractivity contribution >= 4 is 5.97 Å². The van der Waals surface area contributed by atoms with Crippen LogP contribution in [-0.4, -0.2) is 23.3 Å². The Morgan fingerprint density at radius 1 is 1.45 bits per heavy atom. The lowest BCUT2D eigenvalue weighted by Crippen LogP contribution is -2.09. The number of aromatic nitrogens is 1. The standard InChI is InChI=1S/C13H11F2NO4/c1-13(14,15)7-4-3-5-9(19-2)11(7)10-6-8(12(17)18)16-20-10/h3-6H,1-2H3,(H,17,18). The Morgan fingerprint density at radius 3 is 2.65 bits per heavy atom. The second kappa shape index (κ2) is 4.92. The van der Waals surface area contributed by atoms with E-state index in [1.807, 2.05) is 0 Å². The monoisotopic (exact) mass is 283 g/mol. The summed E-state index contributed by atoms with van der Waals surface area (Å²) in [5, 5.41) is 12.1. The average Bonchev–Trinajstić information content (AvgIpc) is 2.86. The topological polar surface area (TPSA) is 72.6 Å². The van der Waals surface area contributed by atoms with Crippen LogP contribution in [0.4, 0.5) is 8.78 Å². The number of halogens is 2. The third-order valence-electron chi connectivity index (χ3n) is 2.69. The molecule has 2 aromatic rings. The van der Waals surface area contributed by atoms with Crippen LogP contribution in [0.15, 0.2) is 28.8 Å². The Labute approximate surface area is 112 Å². The summed E-state index contributed by atoms with van der Waals surface area (Å²) >= 11 is 0. The van der Waals surface area contributed by atoms with E-state index in [9.17, 15) is 13.6 Å². The predicted molar refractivity (Wildman–Crippen MR) is 65.0 cm³/mol. The quantitative estimate of drug-likeness (QED) is 0.933. The Kier molecular flexibility index (Phi) is 3.44. The minimum atomic E-state index is -3.14. The second-order valence-corrected chi connectivity index (χ2v) is 4.15. The molecule has 1 aromatic carbocycles. The van der Waals surface area contributed by atoms with Gasteiger partial charge in [-0.1, -0.05) is 17.3 Å². The number of carboxylic acids is 1. The van der Waals surface area contributed by atoms with E-state index in [2.05, 4.69) is 5.16 Å². The maximum absolute atomic E-state index is 13.6. The summed E-state index contributed by atoms with van der Waals surface area (Å²) in [5.74, 6) is -4.38. The number of rotatable bonds is 4. The number of benzene rings is 1. The van der Waals surface area contributed by atoms with Gasteiger partial charge in [-0.2, -0.15) is 0 Å². The SMILES string of the molecule is COc1cccc(C(C)(F)F)c1-c1cc(C(=O)O)no1. The van der Waals surface area contributed by atoms with Crippen LogP contribution in [0, 0.1) is 0 Å². The summed E-state index contributed by atoms with van der Waals surface area (Å²) in [6.07, 6.45) is 0. The van der Waals surface area contributed by atoms with Crippen molar-refractivity contribution < 1.29 is 27.9 Å². The molecule has 5 nitrogen and oxygen atoms in total. The van der Waals surface area contributed by atoms with Gasteiger partial charge in [-0.05, 0) is 6.07 Å². The zero-order valence-corrected chi connectivity index (χ0v) is 10.7. The van der Waals surface area contributed by atoms with E-state index < -0.39 is 11.9 Å². The van der Waals surface area contributed by atoms with Crippen LogP contribution in [0.2, 0.25) is 0 Å². The molecule has 1 heterocycles. The van der Waals surface area contributed by atoms with E-state index in [0.29, 0.717) is 0 Å². The maximum atomic E-state index is 13.6. The number of hydrogen-bond donors (Lipinski definition) is 1. The van der Waals surface area contributed by atoms with Gasteiger partial charge in [0.25, 0.3) is 5.92 Å². The fraction of sp³-hybridized carbons (Fsp3) is 0.231. The normalized spacial score (nSPS) is 11.4. The molecular formula is C13H11F2NO4. The van der Waals surface area contributed by atoms with Crippen molar-refractivity contribution in [2.45, 2.75) is 12.8 Å². The van der Waals surface area contributed by atoms with Crippen LogP contribution in [0.1, 0.15) is 23.0 Å². The summed E-state index contributed by atoms with van der Waals surface area (Å²) in [5.41, 5.74) is -0.705. The second-order valence-electron chi connectivity index (χ2n) is 4.15. The molecule has 0 atom stereocenters. The molecule has 0 spiro atoms. The lowest BCUT2D eigenvalue weighted by molar-refractivity contribution is 0.0177. The van der Waals surface area contributed by atoms with Crippen molar-refractivity contribution in [1.82, 2.24) is 5.16 Å². The summed E-state index contributed by atoms with van der Waals surface area (Å²) < 4.78 is 37.2. The third-order valence-corrected chi connectivity index (χ3v) is 2.69. The molecule has 0 saturated heterocycles. The molecule has 7 heteroatoms. The lowest BCUT2D eigenvalue weighted by Gasteiger charge is -2.16. The molecule has 0 aliphatic heterocycles. The first-order valence-corrected chi connectivity index (χ1v) is 5.60. The highest BCUT2D eigenvalue weighted by Crippen LogP contribution is 2.41. The Bertz CT molecular complexity index is 646. The summed E-state index contributed by atoms with van der Waals surface area (Å²) in [6.45, 7) is 0.736. The fourth-order valence-corrected chi connectivity index (χ4v) is 1.82.